The number of nitrogen functional groups attached to an aromatic ring is 1. The van der Waals surface area contributed by atoms with Crippen molar-refractivity contribution in [2.24, 2.45) is 0 Å². The van der Waals surface area contributed by atoms with Crippen molar-refractivity contribution < 1.29 is 43.7 Å². The van der Waals surface area contributed by atoms with Crippen molar-refractivity contribution in [2.45, 2.75) is 4.90 Å². The van der Waals surface area contributed by atoms with Gasteiger partial charge < -0.3 is 10.3 Å². The molecule has 0 aromatic heterocycles. The first-order valence-corrected chi connectivity index (χ1v) is 7.20. The van der Waals surface area contributed by atoms with Crippen molar-refractivity contribution in [1.29, 1.82) is 0 Å². The number of hydrogen-bond acceptors (Lipinski definition) is 5. The van der Waals surface area contributed by atoms with Gasteiger partial charge >= 0.3 is 29.6 Å². The fourth-order valence-corrected chi connectivity index (χ4v) is 3.43. The monoisotopic (exact) mass is 371 g/mol. The fourth-order valence-electron chi connectivity index (χ4n) is 2.32. The average Bonchev–Trinajstić information content (AvgIpc) is 2.46. The molecule has 0 radical (unpaired) electrons. The van der Waals surface area contributed by atoms with Gasteiger partial charge in [-0.3, -0.25) is 9.59 Å². The summed E-state index contributed by atoms with van der Waals surface area (Å²) in [7, 11) is 0. The molecule has 1 aliphatic rings. The number of hydrogen-bond donors (Lipinski definition) is 1. The minimum absolute atomic E-state index is 0. The van der Waals surface area contributed by atoms with Gasteiger partial charge in [-0.1, -0.05) is 24.3 Å². The van der Waals surface area contributed by atoms with E-state index in [0.717, 1.165) is 0 Å². The Morgan fingerprint density at radius 1 is 1.05 bits per heavy atom. The largest absolute Gasteiger partial charge is 1.00 e. The Morgan fingerprint density at radius 3 is 2.10 bits per heavy atom. The SMILES string of the molecule is Nc1c(S[O-])cc(Br)c2c1C(=O)c1ccccc1C2=O.[Na+]. The maximum atomic E-state index is 12.5. The molecule has 2 aromatic carbocycles. The van der Waals surface area contributed by atoms with Crippen molar-refractivity contribution in [3.05, 3.63) is 57.1 Å². The Hall–Kier alpha value is -0.630. The third-order valence-corrected chi connectivity index (χ3v) is 4.38. The van der Waals surface area contributed by atoms with Crippen LogP contribution in [0.4, 0.5) is 5.69 Å². The molecule has 0 unspecified atom stereocenters. The van der Waals surface area contributed by atoms with E-state index in [1.165, 1.54) is 6.07 Å². The van der Waals surface area contributed by atoms with E-state index < -0.39 is 0 Å². The number of fused-ring (bicyclic) bond motifs is 2. The van der Waals surface area contributed by atoms with Crippen LogP contribution in [0, 0.1) is 0 Å². The molecule has 100 valence electrons. The Kier molecular flexibility index (Phi) is 4.97. The average molecular weight is 372 g/mol. The van der Waals surface area contributed by atoms with Crippen molar-refractivity contribution in [3.8, 4) is 0 Å². The van der Waals surface area contributed by atoms with Crippen LogP contribution in [-0.2, 0) is 0 Å². The summed E-state index contributed by atoms with van der Waals surface area (Å²) in [5.41, 5.74) is 6.95. The maximum absolute atomic E-state index is 12.5. The Morgan fingerprint density at radius 2 is 1.57 bits per heavy atom. The third-order valence-electron chi connectivity index (χ3n) is 3.24. The van der Waals surface area contributed by atoms with Crippen LogP contribution < -0.4 is 35.3 Å². The van der Waals surface area contributed by atoms with Crippen molar-refractivity contribution >= 4 is 45.2 Å². The van der Waals surface area contributed by atoms with Gasteiger partial charge in [0, 0.05) is 20.5 Å². The summed E-state index contributed by atoms with van der Waals surface area (Å²) in [6.45, 7) is 0. The molecule has 3 rings (SSSR count). The second-order valence-corrected chi connectivity index (χ2v) is 5.77. The second-order valence-electron chi connectivity index (χ2n) is 4.31. The van der Waals surface area contributed by atoms with Crippen molar-refractivity contribution in [2.75, 3.05) is 5.73 Å². The van der Waals surface area contributed by atoms with Crippen LogP contribution in [0.3, 0.4) is 0 Å². The number of halogens is 1. The number of benzene rings is 2. The van der Waals surface area contributed by atoms with Gasteiger partial charge in [0.25, 0.3) is 0 Å². The first-order valence-electron chi connectivity index (χ1n) is 5.66. The molecule has 0 saturated carbocycles. The summed E-state index contributed by atoms with van der Waals surface area (Å²) >= 11 is 3.45. The zero-order valence-electron chi connectivity index (χ0n) is 11.0. The van der Waals surface area contributed by atoms with E-state index in [2.05, 4.69) is 15.9 Å². The standard InChI is InChI=1S/C14H8BrNO3S.Na/c15-8-5-9(20-19)12(16)11-10(8)13(17)6-3-1-2-4-7(6)14(11)18;/h1-5,19H,16H2;/q;+1/p-1. The summed E-state index contributed by atoms with van der Waals surface area (Å²) in [5.74, 6) is -0.597. The van der Waals surface area contributed by atoms with E-state index in [0.29, 0.717) is 15.6 Å². The summed E-state index contributed by atoms with van der Waals surface area (Å²) in [4.78, 5) is 25.3. The van der Waals surface area contributed by atoms with Crippen LogP contribution in [0.2, 0.25) is 0 Å². The van der Waals surface area contributed by atoms with E-state index in [1.54, 1.807) is 24.3 Å². The molecule has 0 amide bonds. The second kappa shape index (κ2) is 6.24. The smallest absolute Gasteiger partial charge is 0.795 e. The van der Waals surface area contributed by atoms with Crippen molar-refractivity contribution in [1.82, 2.24) is 0 Å². The number of carbonyl (C=O) groups excluding carboxylic acids is 2. The zero-order valence-corrected chi connectivity index (χ0v) is 15.4. The quantitative estimate of drug-likeness (QED) is 0.370. The number of nitrogens with two attached hydrogens (primary N) is 1. The number of rotatable bonds is 1. The predicted molar refractivity (Wildman–Crippen MR) is 78.5 cm³/mol. The molecule has 7 heteroatoms. The van der Waals surface area contributed by atoms with Gasteiger partial charge in [-0.2, -0.15) is 0 Å². The number of ketones is 2. The zero-order chi connectivity index (χ0) is 14.4. The fraction of sp³-hybridized carbons (Fsp3) is 0. The molecular formula is C14H7BrNNaO3S. The Balaban J connectivity index is 0.00000161. The molecule has 0 saturated heterocycles. The molecule has 0 bridgehead atoms. The molecule has 0 fully saturated rings. The summed E-state index contributed by atoms with van der Waals surface area (Å²) in [5, 5.41) is 0. The van der Waals surface area contributed by atoms with E-state index in [9.17, 15) is 14.1 Å². The van der Waals surface area contributed by atoms with E-state index >= 15 is 0 Å². The normalized spacial score (nSPS) is 12.5. The number of carbonyl (C=O) groups is 2. The van der Waals surface area contributed by atoms with E-state index in [4.69, 9.17) is 5.73 Å². The molecule has 0 spiro atoms. The molecular weight excluding hydrogens is 365 g/mol. The van der Waals surface area contributed by atoms with Gasteiger partial charge in [0.2, 0.25) is 0 Å². The minimum atomic E-state index is -0.329. The van der Waals surface area contributed by atoms with E-state index in [-0.39, 0.29) is 74.9 Å². The molecule has 4 nitrogen and oxygen atoms in total. The molecule has 0 aliphatic heterocycles. The number of anilines is 1. The molecule has 2 N–H and O–H groups in total. The summed E-state index contributed by atoms with van der Waals surface area (Å²) in [6, 6.07) is 8.06. The van der Waals surface area contributed by atoms with Gasteiger partial charge in [0.15, 0.2) is 11.6 Å². The van der Waals surface area contributed by atoms with Gasteiger partial charge in [-0.05, 0) is 22.0 Å². The molecule has 0 heterocycles. The maximum Gasteiger partial charge on any atom is 1.00 e. The molecule has 21 heavy (non-hydrogen) atoms. The minimum Gasteiger partial charge on any atom is -0.795 e. The van der Waals surface area contributed by atoms with Crippen molar-refractivity contribution in [3.63, 3.8) is 0 Å². The van der Waals surface area contributed by atoms with Gasteiger partial charge in [-0.15, -0.1) is 0 Å². The van der Waals surface area contributed by atoms with Gasteiger partial charge in [-0.25, -0.2) is 12.0 Å². The van der Waals surface area contributed by atoms with Crippen LogP contribution in [-0.4, -0.2) is 16.1 Å². The van der Waals surface area contributed by atoms with Crippen LogP contribution in [0.25, 0.3) is 0 Å². The first kappa shape index (κ1) is 16.7. The van der Waals surface area contributed by atoms with E-state index in [1.807, 2.05) is 0 Å². The molecule has 0 atom stereocenters. The first-order chi connectivity index (χ1) is 9.56. The molecule has 2 aromatic rings. The topological polar surface area (TPSA) is 83.2 Å². The molecule has 1 aliphatic carbocycles. The van der Waals surface area contributed by atoms with Crippen LogP contribution >= 0.6 is 28.0 Å². The summed E-state index contributed by atoms with van der Waals surface area (Å²) < 4.78 is 11.5. The predicted octanol–water partition coefficient (Wildman–Crippen LogP) is 0.0332. The van der Waals surface area contributed by atoms with Crippen LogP contribution in [0.1, 0.15) is 31.8 Å². The summed E-state index contributed by atoms with van der Waals surface area (Å²) in [6.07, 6.45) is 0. The third kappa shape index (κ3) is 2.50. The van der Waals surface area contributed by atoms with Gasteiger partial charge in [0.05, 0.1) is 16.8 Å². The van der Waals surface area contributed by atoms with Gasteiger partial charge in [0.1, 0.15) is 0 Å². The Bertz CT molecular complexity index is 779. The van der Waals surface area contributed by atoms with Crippen LogP contribution in [0.5, 0.6) is 0 Å². The Labute approximate surface area is 155 Å². The van der Waals surface area contributed by atoms with Crippen LogP contribution in [0.15, 0.2) is 39.7 Å².